The minimum absolute atomic E-state index is 0.286. The van der Waals surface area contributed by atoms with Gasteiger partial charge in [-0.05, 0) is 85.0 Å². The van der Waals surface area contributed by atoms with Crippen molar-refractivity contribution >= 4 is 17.1 Å². The van der Waals surface area contributed by atoms with Crippen molar-refractivity contribution in [3.05, 3.63) is 289 Å². The number of aromatic nitrogens is 3. The van der Waals surface area contributed by atoms with Crippen LogP contribution in [0.5, 0.6) is 0 Å². The first-order chi connectivity index (χ1) is 38.8. The summed E-state index contributed by atoms with van der Waals surface area (Å²) in [7, 11) is 0. The maximum atomic E-state index is 5.78. The highest BCUT2D eigenvalue weighted by atomic mass is 15.2. The lowest BCUT2D eigenvalue weighted by Crippen LogP contribution is -2.19. The summed E-state index contributed by atoms with van der Waals surface area (Å²) in [6, 6.07) is 96.7. The average Bonchev–Trinajstić information content (AvgIpc) is 4.08. The van der Waals surface area contributed by atoms with Crippen LogP contribution in [0.2, 0.25) is 0 Å². The molecule has 0 spiro atoms. The highest BCUT2D eigenvalue weighted by molar-refractivity contribution is 6.16. The Labute approximate surface area is 463 Å². The van der Waals surface area contributed by atoms with Crippen LogP contribution < -0.4 is 4.90 Å². The van der Waals surface area contributed by atoms with Gasteiger partial charge in [-0.15, -0.1) is 0 Å². The minimum Gasteiger partial charge on any atom is -0.308 e. The summed E-state index contributed by atoms with van der Waals surface area (Å²) in [6.45, 7) is 9.50. The summed E-state index contributed by atoms with van der Waals surface area (Å²) in [5.74, 6) is 1.73. The van der Waals surface area contributed by atoms with Crippen molar-refractivity contribution in [1.29, 1.82) is 0 Å². The first-order valence-corrected chi connectivity index (χ1v) is 27.4. The molecule has 0 bridgehead atoms. The molecule has 0 fully saturated rings. The molecule has 0 atom stereocenters. The Morgan fingerprint density at radius 2 is 0.633 bits per heavy atom. The summed E-state index contributed by atoms with van der Waals surface area (Å²) in [6.07, 6.45) is 0. The largest absolute Gasteiger partial charge is 0.308 e. The molecule has 79 heavy (non-hydrogen) atoms. The monoisotopic (exact) mass is 1010 g/mol. The van der Waals surface area contributed by atoms with Crippen molar-refractivity contribution in [3.8, 4) is 101 Å². The van der Waals surface area contributed by atoms with Gasteiger partial charge in [0.2, 0.25) is 0 Å². The normalized spacial score (nSPS) is 13.3. The second kappa shape index (κ2) is 19.1. The standard InChI is InChI=1S/C75H56N4/c1-74(2)60-43-26-24-41-58(60)68-61(74)44-27-45-63(68)79(55-46-47-57-56-40-23-25-42-59(56)75(3,4)62(57)48-55)70-67(52-34-17-8-18-35-52)65(50-30-13-6-14-31-50)64(49-28-11-5-12-29-49)66(51-32-15-7-16-33-51)69(70)73-77-71(53-36-19-9-20-37-53)76-72(78-73)54-38-21-10-22-39-54/h5-48H,1-4H3. The predicted octanol–water partition coefficient (Wildman–Crippen LogP) is 19.6. The van der Waals surface area contributed by atoms with Crippen LogP contribution in [-0.4, -0.2) is 15.0 Å². The Balaban J connectivity index is 1.26. The summed E-state index contributed by atoms with van der Waals surface area (Å²) in [4.78, 5) is 19.5. The third-order valence-electron chi connectivity index (χ3n) is 16.5. The van der Waals surface area contributed by atoms with Gasteiger partial charge in [0.15, 0.2) is 17.5 Å². The van der Waals surface area contributed by atoms with Crippen LogP contribution in [0.15, 0.2) is 267 Å². The quantitative estimate of drug-likeness (QED) is 0.137. The van der Waals surface area contributed by atoms with Gasteiger partial charge >= 0.3 is 0 Å². The van der Waals surface area contributed by atoms with Crippen LogP contribution in [0.4, 0.5) is 17.1 Å². The van der Waals surface area contributed by atoms with Gasteiger partial charge in [0.25, 0.3) is 0 Å². The van der Waals surface area contributed by atoms with Gasteiger partial charge in [0, 0.05) is 49.9 Å². The lowest BCUT2D eigenvalue weighted by Gasteiger charge is -2.36. The van der Waals surface area contributed by atoms with E-state index in [-0.39, 0.29) is 10.8 Å². The van der Waals surface area contributed by atoms with Crippen LogP contribution >= 0.6 is 0 Å². The molecule has 376 valence electrons. The van der Waals surface area contributed by atoms with E-state index in [1.54, 1.807) is 0 Å². The topological polar surface area (TPSA) is 41.9 Å². The van der Waals surface area contributed by atoms with Gasteiger partial charge in [-0.25, -0.2) is 15.0 Å². The lowest BCUT2D eigenvalue weighted by atomic mass is 9.78. The van der Waals surface area contributed by atoms with Crippen LogP contribution in [0.3, 0.4) is 0 Å². The number of hydrogen-bond donors (Lipinski definition) is 0. The molecular weight excluding hydrogens is 957 g/mol. The summed E-state index contributed by atoms with van der Waals surface area (Å²) < 4.78 is 0. The van der Waals surface area contributed by atoms with E-state index in [4.69, 9.17) is 15.0 Å². The van der Waals surface area contributed by atoms with Gasteiger partial charge < -0.3 is 4.90 Å². The molecule has 0 radical (unpaired) electrons. The number of benzene rings is 11. The second-order valence-corrected chi connectivity index (χ2v) is 21.8. The van der Waals surface area contributed by atoms with Crippen molar-refractivity contribution in [2.24, 2.45) is 0 Å². The predicted molar refractivity (Wildman–Crippen MR) is 328 cm³/mol. The van der Waals surface area contributed by atoms with E-state index >= 15 is 0 Å². The van der Waals surface area contributed by atoms with E-state index in [1.165, 1.54) is 44.5 Å². The SMILES string of the molecule is CC1(C)c2ccccc2-c2ccc(N(c3cccc4c3-c3ccccc3C4(C)C)c3c(-c4ccccc4)c(-c4ccccc4)c(-c4ccccc4)c(-c4ccccc4)c3-c3nc(-c4ccccc4)nc(-c4ccccc4)n3)cc21. The van der Waals surface area contributed by atoms with E-state index in [9.17, 15) is 0 Å². The zero-order valence-electron chi connectivity index (χ0n) is 44.7. The maximum Gasteiger partial charge on any atom is 0.166 e. The zero-order chi connectivity index (χ0) is 53.2. The number of nitrogens with zero attached hydrogens (tertiary/aromatic N) is 4. The fourth-order valence-electron chi connectivity index (χ4n) is 12.8. The van der Waals surface area contributed by atoms with Crippen molar-refractivity contribution in [3.63, 3.8) is 0 Å². The molecule has 4 heteroatoms. The molecule has 1 heterocycles. The molecular formula is C75H56N4. The molecule has 0 saturated carbocycles. The van der Waals surface area contributed by atoms with E-state index in [2.05, 4.69) is 287 Å². The Morgan fingerprint density at radius 1 is 0.266 bits per heavy atom. The smallest absolute Gasteiger partial charge is 0.166 e. The Kier molecular flexibility index (Phi) is 11.5. The molecule has 0 aliphatic heterocycles. The number of hydrogen-bond acceptors (Lipinski definition) is 4. The molecule has 0 amide bonds. The maximum absolute atomic E-state index is 5.78. The number of anilines is 3. The van der Waals surface area contributed by atoms with Crippen molar-refractivity contribution in [2.45, 2.75) is 38.5 Å². The van der Waals surface area contributed by atoms with Gasteiger partial charge in [0.05, 0.1) is 16.9 Å². The molecule has 11 aromatic carbocycles. The van der Waals surface area contributed by atoms with E-state index < -0.39 is 0 Å². The van der Waals surface area contributed by atoms with Gasteiger partial charge in [-0.3, -0.25) is 0 Å². The first kappa shape index (κ1) is 47.7. The Hall–Kier alpha value is -9.77. The number of rotatable bonds is 10. The summed E-state index contributed by atoms with van der Waals surface area (Å²) >= 11 is 0. The first-order valence-electron chi connectivity index (χ1n) is 27.4. The third kappa shape index (κ3) is 7.85. The molecule has 0 unspecified atom stereocenters. The number of fused-ring (bicyclic) bond motifs is 6. The summed E-state index contributed by atoms with van der Waals surface area (Å²) in [5, 5.41) is 0. The highest BCUT2D eigenvalue weighted by Crippen LogP contribution is 2.62. The van der Waals surface area contributed by atoms with E-state index in [1.807, 2.05) is 12.1 Å². The molecule has 2 aliphatic carbocycles. The molecule has 14 rings (SSSR count). The van der Waals surface area contributed by atoms with Crippen molar-refractivity contribution in [2.75, 3.05) is 4.90 Å². The minimum atomic E-state index is -0.295. The Bertz CT molecular complexity index is 4210. The van der Waals surface area contributed by atoms with E-state index in [0.717, 1.165) is 78.3 Å². The van der Waals surface area contributed by atoms with Gasteiger partial charge in [-0.2, -0.15) is 0 Å². The molecule has 12 aromatic rings. The van der Waals surface area contributed by atoms with Crippen molar-refractivity contribution < 1.29 is 0 Å². The molecule has 4 nitrogen and oxygen atoms in total. The Morgan fingerprint density at radius 3 is 1.15 bits per heavy atom. The van der Waals surface area contributed by atoms with Gasteiger partial charge in [0.1, 0.15) is 0 Å². The van der Waals surface area contributed by atoms with E-state index in [0.29, 0.717) is 17.5 Å². The van der Waals surface area contributed by atoms with Crippen LogP contribution in [-0.2, 0) is 10.8 Å². The van der Waals surface area contributed by atoms with Gasteiger partial charge in [-0.1, -0.05) is 276 Å². The molecule has 1 aromatic heterocycles. The van der Waals surface area contributed by atoms with Crippen LogP contribution in [0, 0.1) is 0 Å². The molecule has 0 saturated heterocycles. The second-order valence-electron chi connectivity index (χ2n) is 21.8. The highest BCUT2D eigenvalue weighted by Gasteiger charge is 2.42. The van der Waals surface area contributed by atoms with Crippen molar-refractivity contribution in [1.82, 2.24) is 15.0 Å². The third-order valence-corrected chi connectivity index (χ3v) is 16.5. The fourth-order valence-corrected chi connectivity index (χ4v) is 12.8. The molecule has 2 aliphatic rings. The average molecular weight is 1010 g/mol. The van der Waals surface area contributed by atoms with Crippen LogP contribution in [0.1, 0.15) is 49.9 Å². The van der Waals surface area contributed by atoms with Crippen LogP contribution in [0.25, 0.3) is 101 Å². The lowest BCUT2D eigenvalue weighted by molar-refractivity contribution is 0.660. The molecule has 0 N–H and O–H groups in total. The summed E-state index contributed by atoms with van der Waals surface area (Å²) in [5.41, 5.74) is 23.8. The fraction of sp³-hybridized carbons (Fsp3) is 0.0800. The zero-order valence-corrected chi connectivity index (χ0v) is 44.7.